The number of benzene rings is 1. The molecule has 0 spiro atoms. The van der Waals surface area contributed by atoms with Gasteiger partial charge in [0.1, 0.15) is 0 Å². The van der Waals surface area contributed by atoms with Gasteiger partial charge in [-0.1, -0.05) is 35.4 Å². The predicted octanol–water partition coefficient (Wildman–Crippen LogP) is 2.30. The van der Waals surface area contributed by atoms with E-state index in [9.17, 15) is 9.59 Å². The molecule has 1 aromatic carbocycles. The number of amides is 2. The van der Waals surface area contributed by atoms with Crippen molar-refractivity contribution in [3.8, 4) is 0 Å². The van der Waals surface area contributed by atoms with Gasteiger partial charge in [-0.25, -0.2) is 0 Å². The van der Waals surface area contributed by atoms with Gasteiger partial charge in [0.25, 0.3) is 0 Å². The Hall–Kier alpha value is -1.56. The van der Waals surface area contributed by atoms with Gasteiger partial charge in [0.05, 0.1) is 40.8 Å². The van der Waals surface area contributed by atoms with Crippen molar-refractivity contribution in [3.63, 3.8) is 0 Å². The molecule has 3 aliphatic heterocycles. The molecule has 0 saturated carbocycles. The molecule has 5 nitrogen and oxygen atoms in total. The van der Waals surface area contributed by atoms with E-state index in [-0.39, 0.29) is 42.5 Å². The van der Waals surface area contributed by atoms with Crippen molar-refractivity contribution in [2.75, 3.05) is 12.0 Å². The van der Waals surface area contributed by atoms with Gasteiger partial charge >= 0.3 is 0 Å². The monoisotopic (exact) mass is 338 g/mol. The first-order valence-corrected chi connectivity index (χ1v) is 7.70. The maximum absolute atomic E-state index is 12.4. The molecule has 2 unspecified atom stereocenters. The van der Waals surface area contributed by atoms with Crippen LogP contribution in [-0.2, 0) is 14.3 Å². The van der Waals surface area contributed by atoms with Crippen LogP contribution in [0.5, 0.6) is 0 Å². The van der Waals surface area contributed by atoms with E-state index in [0.29, 0.717) is 15.7 Å². The molecule has 7 heteroatoms. The van der Waals surface area contributed by atoms with Crippen LogP contribution in [0.2, 0.25) is 10.0 Å². The van der Waals surface area contributed by atoms with Crippen molar-refractivity contribution >= 4 is 40.7 Å². The minimum Gasteiger partial charge on any atom is -0.367 e. The zero-order chi connectivity index (χ0) is 15.4. The largest absolute Gasteiger partial charge is 0.367 e. The fourth-order valence-electron chi connectivity index (χ4n) is 3.30. The number of rotatable bonds is 3. The molecule has 2 fully saturated rings. The molecule has 0 aromatic heterocycles. The summed E-state index contributed by atoms with van der Waals surface area (Å²) in [5, 5.41) is 3.90. The molecule has 4 rings (SSSR count). The number of likely N-dealkylation sites (tertiary alicyclic amines) is 1. The molecule has 1 aromatic rings. The quantitative estimate of drug-likeness (QED) is 0.678. The van der Waals surface area contributed by atoms with Gasteiger partial charge in [0, 0.05) is 5.69 Å². The van der Waals surface area contributed by atoms with Crippen LogP contribution in [0.4, 0.5) is 5.69 Å². The lowest BCUT2D eigenvalue weighted by atomic mass is 9.85. The van der Waals surface area contributed by atoms with Crippen molar-refractivity contribution in [2.45, 2.75) is 12.2 Å². The van der Waals surface area contributed by atoms with Crippen LogP contribution < -0.4 is 5.32 Å². The molecule has 0 aliphatic carbocycles. The summed E-state index contributed by atoms with van der Waals surface area (Å²) in [5.41, 5.74) is 0.699. The van der Waals surface area contributed by atoms with Crippen LogP contribution in [0.1, 0.15) is 0 Å². The molecule has 3 aliphatic rings. The van der Waals surface area contributed by atoms with E-state index in [2.05, 4.69) is 5.32 Å². The summed E-state index contributed by atoms with van der Waals surface area (Å²) in [7, 11) is 0. The van der Waals surface area contributed by atoms with Crippen molar-refractivity contribution in [1.29, 1.82) is 0 Å². The average Bonchev–Trinajstić information content (AvgIpc) is 3.16. The molecule has 2 saturated heterocycles. The van der Waals surface area contributed by atoms with Crippen LogP contribution in [-0.4, -0.2) is 35.6 Å². The highest BCUT2D eigenvalue weighted by atomic mass is 35.5. The van der Waals surface area contributed by atoms with E-state index in [4.69, 9.17) is 27.9 Å². The molecule has 0 radical (unpaired) electrons. The molecule has 3 heterocycles. The molecule has 1 N–H and O–H groups in total. The number of carbonyl (C=O) groups excluding carboxylic acids is 2. The van der Waals surface area contributed by atoms with E-state index >= 15 is 0 Å². The van der Waals surface area contributed by atoms with Crippen LogP contribution in [0.15, 0.2) is 30.4 Å². The Kier molecular flexibility index (Phi) is 3.18. The molecule has 22 heavy (non-hydrogen) atoms. The second kappa shape index (κ2) is 4.98. The maximum Gasteiger partial charge on any atom is 0.237 e. The van der Waals surface area contributed by atoms with Crippen molar-refractivity contribution in [3.05, 3.63) is 40.4 Å². The van der Waals surface area contributed by atoms with E-state index < -0.39 is 0 Å². The fraction of sp³-hybridized carbons (Fsp3) is 0.333. The number of carbonyl (C=O) groups is 2. The van der Waals surface area contributed by atoms with Crippen molar-refractivity contribution in [1.82, 2.24) is 4.90 Å². The smallest absolute Gasteiger partial charge is 0.237 e. The fourth-order valence-corrected chi connectivity index (χ4v) is 3.60. The highest BCUT2D eigenvalue weighted by Crippen LogP contribution is 2.44. The summed E-state index contributed by atoms with van der Waals surface area (Å²) in [4.78, 5) is 26.1. The number of hydrogen-bond acceptors (Lipinski definition) is 4. The highest BCUT2D eigenvalue weighted by molar-refractivity contribution is 6.42. The van der Waals surface area contributed by atoms with Gasteiger partial charge in [-0.2, -0.15) is 0 Å². The SMILES string of the molecule is O=C1[C@@H]2C3C=CC(O3)[C@H]2C(=O)N1CNc1ccc(Cl)c(Cl)c1. The van der Waals surface area contributed by atoms with Crippen molar-refractivity contribution < 1.29 is 14.3 Å². The minimum atomic E-state index is -0.377. The van der Waals surface area contributed by atoms with Gasteiger partial charge in [-0.05, 0) is 18.2 Å². The van der Waals surface area contributed by atoms with Crippen LogP contribution in [0.25, 0.3) is 0 Å². The molecular weight excluding hydrogens is 327 g/mol. The molecular formula is C15H12Cl2N2O3. The Labute approximate surface area is 136 Å². The number of fused-ring (bicyclic) bond motifs is 5. The second-order valence-corrected chi connectivity index (χ2v) is 6.38. The first-order valence-electron chi connectivity index (χ1n) is 6.94. The van der Waals surface area contributed by atoms with Gasteiger partial charge < -0.3 is 10.1 Å². The minimum absolute atomic E-state index is 0.113. The predicted molar refractivity (Wildman–Crippen MR) is 81.6 cm³/mol. The Bertz CT molecular complexity index is 676. The Morgan fingerprint density at radius 2 is 1.68 bits per heavy atom. The summed E-state index contributed by atoms with van der Waals surface area (Å²) >= 11 is 11.8. The number of anilines is 1. The third-order valence-electron chi connectivity index (χ3n) is 4.36. The highest BCUT2D eigenvalue weighted by Gasteiger charge is 2.60. The van der Waals surface area contributed by atoms with E-state index in [0.717, 1.165) is 0 Å². The average molecular weight is 339 g/mol. The zero-order valence-corrected chi connectivity index (χ0v) is 12.8. The molecule has 4 atom stereocenters. The first-order chi connectivity index (χ1) is 10.6. The topological polar surface area (TPSA) is 58.6 Å². The number of hydrogen-bond donors (Lipinski definition) is 1. The van der Waals surface area contributed by atoms with Gasteiger partial charge in [0.2, 0.25) is 11.8 Å². The summed E-state index contributed by atoms with van der Waals surface area (Å²) in [5.74, 6) is -1.12. The van der Waals surface area contributed by atoms with E-state index in [1.807, 2.05) is 12.2 Å². The third-order valence-corrected chi connectivity index (χ3v) is 5.10. The number of nitrogens with zero attached hydrogens (tertiary/aromatic N) is 1. The summed E-state index contributed by atoms with van der Waals surface area (Å²) in [6.45, 7) is 0.113. The van der Waals surface area contributed by atoms with Crippen LogP contribution in [0, 0.1) is 11.8 Å². The third kappa shape index (κ3) is 1.96. The second-order valence-electron chi connectivity index (χ2n) is 5.57. The normalized spacial score (nSPS) is 32.0. The summed E-state index contributed by atoms with van der Waals surface area (Å²) < 4.78 is 5.59. The van der Waals surface area contributed by atoms with Crippen LogP contribution in [0.3, 0.4) is 0 Å². The van der Waals surface area contributed by atoms with E-state index in [1.54, 1.807) is 18.2 Å². The van der Waals surface area contributed by atoms with Gasteiger partial charge in [-0.3, -0.25) is 14.5 Å². The van der Waals surface area contributed by atoms with E-state index in [1.165, 1.54) is 4.90 Å². The maximum atomic E-state index is 12.4. The van der Waals surface area contributed by atoms with Gasteiger partial charge in [0.15, 0.2) is 0 Å². The lowest BCUT2D eigenvalue weighted by Crippen LogP contribution is -2.38. The Balaban J connectivity index is 1.49. The number of ether oxygens (including phenoxy) is 1. The first kappa shape index (κ1) is 14.1. The number of imide groups is 1. The summed E-state index contributed by atoms with van der Waals surface area (Å²) in [6.07, 6.45) is 3.21. The molecule has 2 bridgehead atoms. The molecule has 2 amide bonds. The van der Waals surface area contributed by atoms with Gasteiger partial charge in [-0.15, -0.1) is 0 Å². The zero-order valence-electron chi connectivity index (χ0n) is 11.3. The lowest BCUT2D eigenvalue weighted by Gasteiger charge is -2.18. The Morgan fingerprint density at radius 1 is 1.05 bits per heavy atom. The lowest BCUT2D eigenvalue weighted by molar-refractivity contribution is -0.141. The number of halogens is 2. The standard InChI is InChI=1S/C15H12Cl2N2O3/c16-8-2-1-7(5-9(8)17)18-6-19-14(20)12-10-3-4-11(22-10)13(12)15(19)21/h1-5,10-13,18H,6H2/t10?,11?,12-,13-/m1/s1. The Morgan fingerprint density at radius 3 is 2.27 bits per heavy atom. The molecule has 114 valence electrons. The van der Waals surface area contributed by atoms with Crippen molar-refractivity contribution in [2.24, 2.45) is 11.8 Å². The van der Waals surface area contributed by atoms with Crippen LogP contribution >= 0.6 is 23.2 Å². The number of nitrogens with one attached hydrogen (secondary N) is 1. The summed E-state index contributed by atoms with van der Waals surface area (Å²) in [6, 6.07) is 5.06.